The number of benzene rings is 2. The van der Waals surface area contributed by atoms with Gasteiger partial charge in [0.1, 0.15) is 0 Å². The van der Waals surface area contributed by atoms with E-state index >= 15 is 0 Å². The number of carbonyl (C=O) groups is 1. The number of sulfonamides is 1. The molecule has 39 heavy (non-hydrogen) atoms. The van der Waals surface area contributed by atoms with E-state index in [-0.39, 0.29) is 30.0 Å². The molecule has 1 aromatic heterocycles. The average molecular weight is 595 g/mol. The maximum atomic E-state index is 13.7. The highest BCUT2D eigenvalue weighted by Crippen LogP contribution is 2.40. The predicted octanol–water partition coefficient (Wildman–Crippen LogP) is 4.71. The van der Waals surface area contributed by atoms with Crippen LogP contribution in [0.3, 0.4) is 0 Å². The average Bonchev–Trinajstić information content (AvgIpc) is 3.50. The summed E-state index contributed by atoms with van der Waals surface area (Å²) in [7, 11) is 0.369. The number of fused-ring (bicyclic) bond motifs is 2. The van der Waals surface area contributed by atoms with Gasteiger partial charge in [-0.05, 0) is 69.6 Å². The number of amides is 1. The van der Waals surface area contributed by atoms with Crippen molar-refractivity contribution >= 4 is 55.0 Å². The van der Waals surface area contributed by atoms with Gasteiger partial charge in [0.2, 0.25) is 16.8 Å². The molecule has 5 rings (SSSR count). The van der Waals surface area contributed by atoms with Crippen LogP contribution in [0.1, 0.15) is 37.0 Å². The Kier molecular flexibility index (Phi) is 9.07. The number of anilines is 1. The normalized spacial score (nSPS) is 19.3. The quantitative estimate of drug-likeness (QED) is 0.373. The number of halogens is 1. The molecule has 2 aromatic carbocycles. The maximum absolute atomic E-state index is 13.7. The molecule has 0 radical (unpaired) electrons. The van der Waals surface area contributed by atoms with Crippen molar-refractivity contribution < 1.29 is 22.7 Å². The van der Waals surface area contributed by atoms with Gasteiger partial charge >= 0.3 is 0 Å². The van der Waals surface area contributed by atoms with E-state index in [4.69, 9.17) is 14.5 Å². The van der Waals surface area contributed by atoms with Gasteiger partial charge in [-0.3, -0.25) is 9.69 Å². The van der Waals surface area contributed by atoms with Gasteiger partial charge in [-0.25, -0.2) is 13.4 Å². The van der Waals surface area contributed by atoms with Crippen molar-refractivity contribution in [2.75, 3.05) is 52.0 Å². The molecule has 212 valence electrons. The van der Waals surface area contributed by atoms with Crippen LogP contribution in [0.15, 0.2) is 41.3 Å². The molecule has 0 bridgehead atoms. The summed E-state index contributed by atoms with van der Waals surface area (Å²) in [6.45, 7) is 6.69. The third-order valence-corrected chi connectivity index (χ3v) is 9.80. The Morgan fingerprint density at radius 2 is 1.69 bits per heavy atom. The highest BCUT2D eigenvalue weighted by atomic mass is 35.5. The molecule has 0 N–H and O–H groups in total. The molecule has 2 atom stereocenters. The highest BCUT2D eigenvalue weighted by molar-refractivity contribution is 7.89. The number of hydrogen-bond acceptors (Lipinski definition) is 8. The van der Waals surface area contributed by atoms with E-state index in [0.29, 0.717) is 53.7 Å². The number of carbonyl (C=O) groups excluding carboxylic acids is 1. The molecule has 9 nitrogen and oxygen atoms in total. The van der Waals surface area contributed by atoms with Gasteiger partial charge in [-0.15, -0.1) is 12.4 Å². The second-order valence-corrected chi connectivity index (χ2v) is 13.5. The molecule has 1 fully saturated rings. The van der Waals surface area contributed by atoms with Crippen molar-refractivity contribution in [3.8, 4) is 11.5 Å². The number of aromatic nitrogens is 1. The Balaban J connectivity index is 0.00000353. The van der Waals surface area contributed by atoms with Crippen molar-refractivity contribution in [2.45, 2.75) is 31.6 Å². The van der Waals surface area contributed by atoms with Crippen LogP contribution < -0.4 is 14.4 Å². The first-order chi connectivity index (χ1) is 18.1. The SMILES string of the molecule is CC1CC(C)CN(S(=O)(=O)c2ccc(C(=O)N(CCCN(C)C)c3nc4cc5c(cc4s3)OCO5)cc2)C1.Cl. The monoisotopic (exact) mass is 594 g/mol. The van der Waals surface area contributed by atoms with Gasteiger partial charge in [0, 0.05) is 37.3 Å². The summed E-state index contributed by atoms with van der Waals surface area (Å²) in [5.41, 5.74) is 1.16. The summed E-state index contributed by atoms with van der Waals surface area (Å²) in [5.74, 6) is 1.74. The summed E-state index contributed by atoms with van der Waals surface area (Å²) in [4.78, 5) is 22.4. The van der Waals surface area contributed by atoms with Crippen LogP contribution in [0, 0.1) is 11.8 Å². The summed E-state index contributed by atoms with van der Waals surface area (Å²) >= 11 is 1.42. The molecular formula is C27H35ClN4O5S2. The molecule has 12 heteroatoms. The number of thiazole rings is 1. The molecule has 2 aliphatic rings. The zero-order chi connectivity index (χ0) is 27.0. The number of hydrogen-bond donors (Lipinski definition) is 0. The van der Waals surface area contributed by atoms with Crippen LogP contribution in [0.25, 0.3) is 10.2 Å². The van der Waals surface area contributed by atoms with Gasteiger partial charge in [0.05, 0.1) is 15.1 Å². The van der Waals surface area contributed by atoms with Gasteiger partial charge in [-0.2, -0.15) is 4.31 Å². The number of piperidine rings is 1. The Labute approximate surface area is 240 Å². The van der Waals surface area contributed by atoms with Gasteiger partial charge < -0.3 is 14.4 Å². The number of rotatable bonds is 8. The molecule has 0 aliphatic carbocycles. The van der Waals surface area contributed by atoms with Crippen molar-refractivity contribution in [3.63, 3.8) is 0 Å². The van der Waals surface area contributed by atoms with Crippen LogP contribution in [-0.2, 0) is 10.0 Å². The molecular weight excluding hydrogens is 560 g/mol. The molecule has 1 amide bonds. The minimum absolute atomic E-state index is 0. The fourth-order valence-corrected chi connectivity index (χ4v) is 7.81. The molecule has 2 aliphatic heterocycles. The lowest BCUT2D eigenvalue weighted by Gasteiger charge is -2.34. The summed E-state index contributed by atoms with van der Waals surface area (Å²) in [6.07, 6.45) is 1.78. The maximum Gasteiger partial charge on any atom is 0.260 e. The third-order valence-electron chi connectivity index (χ3n) is 6.91. The lowest BCUT2D eigenvalue weighted by Crippen LogP contribution is -2.42. The van der Waals surface area contributed by atoms with E-state index in [2.05, 4.69) is 18.7 Å². The lowest BCUT2D eigenvalue weighted by molar-refractivity contribution is 0.0986. The Bertz CT molecular complexity index is 1380. The third kappa shape index (κ3) is 6.33. The van der Waals surface area contributed by atoms with Gasteiger partial charge in [0.15, 0.2) is 16.6 Å². The fourth-order valence-electron chi connectivity index (χ4n) is 5.13. The van der Waals surface area contributed by atoms with Crippen LogP contribution in [0.2, 0.25) is 0 Å². The second kappa shape index (κ2) is 12.0. The zero-order valence-corrected chi connectivity index (χ0v) is 25.1. The molecule has 0 spiro atoms. The summed E-state index contributed by atoms with van der Waals surface area (Å²) in [5, 5.41) is 0.584. The molecule has 1 saturated heterocycles. The Morgan fingerprint density at radius 3 is 2.33 bits per heavy atom. The van der Waals surface area contributed by atoms with E-state index in [1.807, 2.05) is 26.2 Å². The first kappa shape index (κ1) is 29.5. The summed E-state index contributed by atoms with van der Waals surface area (Å²) < 4.78 is 40.1. The van der Waals surface area contributed by atoms with Crippen LogP contribution in [0.5, 0.6) is 11.5 Å². The predicted molar refractivity (Wildman–Crippen MR) is 156 cm³/mol. The van der Waals surface area contributed by atoms with Gasteiger partial charge in [-0.1, -0.05) is 25.2 Å². The molecule has 2 unspecified atom stereocenters. The highest BCUT2D eigenvalue weighted by Gasteiger charge is 2.32. The number of ether oxygens (including phenoxy) is 2. The molecule has 3 heterocycles. The minimum atomic E-state index is -3.62. The van der Waals surface area contributed by atoms with Crippen molar-refractivity contribution in [2.24, 2.45) is 11.8 Å². The van der Waals surface area contributed by atoms with E-state index < -0.39 is 10.0 Å². The first-order valence-electron chi connectivity index (χ1n) is 12.9. The Morgan fingerprint density at radius 1 is 1.05 bits per heavy atom. The summed E-state index contributed by atoms with van der Waals surface area (Å²) in [6, 6.07) is 10.0. The smallest absolute Gasteiger partial charge is 0.260 e. The number of nitrogens with zero attached hydrogens (tertiary/aromatic N) is 4. The van der Waals surface area contributed by atoms with Crippen molar-refractivity contribution in [1.82, 2.24) is 14.2 Å². The standard InChI is InChI=1S/C27H34N4O5S2.ClH/c1-18-12-19(2)16-30(15-18)38(33,34)21-8-6-20(7-9-21)26(32)31(11-5-10-29(3)4)27-28-22-13-23-24(36-17-35-23)14-25(22)37-27;/h6-9,13-14,18-19H,5,10-12,15-17H2,1-4H3;1H. The van der Waals surface area contributed by atoms with Crippen molar-refractivity contribution in [3.05, 3.63) is 42.0 Å². The Hall–Kier alpha value is -2.44. The fraction of sp³-hybridized carbons (Fsp3) is 0.481. The topological polar surface area (TPSA) is 92.3 Å². The molecule has 3 aromatic rings. The second-order valence-electron chi connectivity index (χ2n) is 10.6. The van der Waals surface area contributed by atoms with Gasteiger partial charge in [0.25, 0.3) is 5.91 Å². The largest absolute Gasteiger partial charge is 0.454 e. The minimum Gasteiger partial charge on any atom is -0.454 e. The van der Waals surface area contributed by atoms with E-state index in [0.717, 1.165) is 29.6 Å². The molecule has 0 saturated carbocycles. The van der Waals surface area contributed by atoms with Crippen LogP contribution >= 0.6 is 23.7 Å². The van der Waals surface area contributed by atoms with E-state index in [9.17, 15) is 13.2 Å². The van der Waals surface area contributed by atoms with Crippen LogP contribution in [0.4, 0.5) is 5.13 Å². The van der Waals surface area contributed by atoms with E-state index in [1.54, 1.807) is 33.5 Å². The van der Waals surface area contributed by atoms with E-state index in [1.165, 1.54) is 11.3 Å². The van der Waals surface area contributed by atoms with Crippen molar-refractivity contribution in [1.29, 1.82) is 0 Å². The zero-order valence-electron chi connectivity index (χ0n) is 22.6. The first-order valence-corrected chi connectivity index (χ1v) is 15.1. The van der Waals surface area contributed by atoms with Crippen LogP contribution in [-0.4, -0.2) is 75.6 Å². The lowest BCUT2D eigenvalue weighted by atomic mass is 9.94.